The molecule has 0 radical (unpaired) electrons. The minimum atomic E-state index is -5.46. The third kappa shape index (κ3) is 8.05. The van der Waals surface area contributed by atoms with Gasteiger partial charge in [0.15, 0.2) is 5.78 Å². The fourth-order valence-corrected chi connectivity index (χ4v) is 11.0. The van der Waals surface area contributed by atoms with Gasteiger partial charge in [-0.1, -0.05) is 36.4 Å². The molecule has 24 nitrogen and oxygen atoms in total. The molecular weight excluding hydrogens is 1000 g/mol. The van der Waals surface area contributed by atoms with E-state index in [2.05, 4.69) is 30.9 Å². The molecule has 1 saturated carbocycles. The Balaban J connectivity index is 1.23. The van der Waals surface area contributed by atoms with Crippen LogP contribution in [0.25, 0.3) is 22.0 Å². The van der Waals surface area contributed by atoms with Crippen molar-refractivity contribution in [1.82, 2.24) is 19.5 Å². The van der Waals surface area contributed by atoms with E-state index in [1.165, 1.54) is 62.7 Å². The van der Waals surface area contributed by atoms with Gasteiger partial charge in [0.05, 0.1) is 51.2 Å². The van der Waals surface area contributed by atoms with Crippen molar-refractivity contribution in [2.45, 2.75) is 31.4 Å². The van der Waals surface area contributed by atoms with Crippen LogP contribution in [-0.2, 0) is 57.7 Å². The summed E-state index contributed by atoms with van der Waals surface area (Å²) in [5.41, 5.74) is -4.44. The first-order valence-electron chi connectivity index (χ1n) is 19.7. The molecule has 0 spiro atoms. The van der Waals surface area contributed by atoms with Crippen LogP contribution in [0, 0.1) is 0 Å². The summed E-state index contributed by atoms with van der Waals surface area (Å²) in [6, 6.07) is 16.9. The molecule has 0 aliphatic heterocycles. The number of carbonyl (C=O) groups is 2. The van der Waals surface area contributed by atoms with E-state index in [4.69, 9.17) is 4.74 Å². The minimum Gasteiger partial charge on any atom is -0.497 e. The first kappa shape index (κ1) is 47.4. The van der Waals surface area contributed by atoms with Crippen molar-refractivity contribution in [3.05, 3.63) is 124 Å². The van der Waals surface area contributed by atoms with E-state index in [1.807, 2.05) is 0 Å². The normalized spacial score (nSPS) is 15.6. The Morgan fingerprint density at radius 3 is 1.77 bits per heavy atom. The summed E-state index contributed by atoms with van der Waals surface area (Å²) in [5, 5.41) is 18.1. The molecule has 360 valence electrons. The number of hydrogen-bond acceptors (Lipinski definition) is 19. The molecule has 9 rings (SSSR count). The molecule has 2 aliphatic rings. The van der Waals surface area contributed by atoms with Gasteiger partial charge >= 0.3 is 6.01 Å². The highest BCUT2D eigenvalue weighted by atomic mass is 32.2. The number of carbonyl (C=O) groups excluding carboxylic acids is 2. The fraction of sp³-hybridized carbons (Fsp3) is 0.0952. The zero-order valence-electron chi connectivity index (χ0n) is 35.4. The van der Waals surface area contributed by atoms with E-state index in [0.717, 1.165) is 34.9 Å². The standard InChI is InChI=1S/C42H31N7O17S4/c1-49-28-13-12-25(34-35(28)33(22-8-3-4-9-23(22)37(34)51)36(38(49)52)42(18-32(42)50)19-6-5-7-21(14-19)67(54,55)56)43-26-16-27(31(70(63,64)65)17-30(26)69(60,61)62)45-40-46-39(47-41(53)48-40)44-24-11-10-20(66-2)15-29(24)68(57,58)59/h3-17,43H,18H2,1-2H3,(H,54,55,56)(H,57,58,59)(H,60,61,62)(H,63,64,65)(H3,44,45,46,47,48,53). The average Bonchev–Trinajstić information content (AvgIpc) is 3.96. The molecule has 2 aliphatic carbocycles. The molecule has 1 unspecified atom stereocenters. The van der Waals surface area contributed by atoms with Gasteiger partial charge in [0.2, 0.25) is 11.9 Å². The summed E-state index contributed by atoms with van der Waals surface area (Å²) in [6.07, 6.45) is -0.295. The Morgan fingerprint density at radius 1 is 0.614 bits per heavy atom. The Hall–Kier alpha value is -7.70. The number of nitrogens with one attached hydrogen (secondary N) is 3. The van der Waals surface area contributed by atoms with Gasteiger partial charge in [-0.05, 0) is 59.7 Å². The van der Waals surface area contributed by atoms with Crippen LogP contribution in [0.5, 0.6) is 11.8 Å². The first-order valence-corrected chi connectivity index (χ1v) is 25.5. The van der Waals surface area contributed by atoms with Gasteiger partial charge in [0, 0.05) is 41.6 Å². The maximum atomic E-state index is 14.8. The summed E-state index contributed by atoms with van der Waals surface area (Å²) in [7, 11) is -18.0. The van der Waals surface area contributed by atoms with Crippen LogP contribution in [-0.4, -0.2) is 95.2 Å². The van der Waals surface area contributed by atoms with Crippen LogP contribution in [0.2, 0.25) is 0 Å². The third-order valence-electron chi connectivity index (χ3n) is 11.5. The third-order valence-corrected chi connectivity index (χ3v) is 15.1. The minimum absolute atomic E-state index is 0.00789. The molecule has 70 heavy (non-hydrogen) atoms. The monoisotopic (exact) mass is 1030 g/mol. The number of ketones is 2. The molecule has 7 aromatic rings. The number of aromatic hydroxyl groups is 1. The number of methoxy groups -OCH3 is 1. The predicted octanol–water partition coefficient (Wildman–Crippen LogP) is 4.13. The highest BCUT2D eigenvalue weighted by Gasteiger charge is 2.60. The van der Waals surface area contributed by atoms with Gasteiger partial charge in [-0.3, -0.25) is 32.6 Å². The lowest BCUT2D eigenvalue weighted by Gasteiger charge is -2.28. The van der Waals surface area contributed by atoms with Crippen LogP contribution in [0.3, 0.4) is 0 Å². The predicted molar refractivity (Wildman–Crippen MR) is 245 cm³/mol. The molecular formula is C42H31N7O17S4. The largest absolute Gasteiger partial charge is 0.497 e. The lowest BCUT2D eigenvalue weighted by molar-refractivity contribution is -0.111. The molecule has 2 aromatic heterocycles. The van der Waals surface area contributed by atoms with Crippen molar-refractivity contribution in [1.29, 1.82) is 0 Å². The van der Waals surface area contributed by atoms with Crippen molar-refractivity contribution < 1.29 is 71.3 Å². The first-order chi connectivity index (χ1) is 32.7. The van der Waals surface area contributed by atoms with E-state index in [-0.39, 0.29) is 67.8 Å². The number of pyridine rings is 1. The summed E-state index contributed by atoms with van der Waals surface area (Å²) >= 11 is 0. The number of aryl methyl sites for hydroxylation is 1. The number of aromatic nitrogens is 4. The topological polar surface area (TPSA) is 378 Å². The molecule has 5 aromatic carbocycles. The van der Waals surface area contributed by atoms with Gasteiger partial charge in [-0.25, -0.2) is 0 Å². The number of nitrogens with zero attached hydrogens (tertiary/aromatic N) is 4. The number of benzene rings is 5. The Kier molecular flexibility index (Phi) is 11.0. The average molecular weight is 1030 g/mol. The van der Waals surface area contributed by atoms with E-state index in [0.29, 0.717) is 6.07 Å². The Morgan fingerprint density at radius 2 is 1.19 bits per heavy atom. The molecule has 1 fully saturated rings. The van der Waals surface area contributed by atoms with Crippen molar-refractivity contribution in [2.24, 2.45) is 7.05 Å². The lowest BCUT2D eigenvalue weighted by atomic mass is 9.76. The van der Waals surface area contributed by atoms with Gasteiger partial charge < -0.3 is 30.4 Å². The Bertz CT molecular complexity index is 4050. The maximum Gasteiger partial charge on any atom is 0.320 e. The van der Waals surface area contributed by atoms with E-state index in [1.54, 1.807) is 6.07 Å². The number of fused-ring (bicyclic) bond motifs is 2. The van der Waals surface area contributed by atoms with Crippen molar-refractivity contribution in [3.8, 4) is 22.9 Å². The maximum absolute atomic E-state index is 14.8. The summed E-state index contributed by atoms with van der Waals surface area (Å²) in [4.78, 5) is 50.8. The van der Waals surface area contributed by atoms with Gasteiger partial charge in [-0.2, -0.15) is 48.6 Å². The van der Waals surface area contributed by atoms with E-state index >= 15 is 0 Å². The molecule has 0 amide bonds. The SMILES string of the molecule is COc1ccc(Nc2nc(O)nc(Nc3cc(Nc4ccc5c6c4C(=O)c4ccccc4-c6c(C4(c6cccc(S(=O)(=O)O)c6)CC4=O)c(=O)n5C)c(S(=O)(=O)O)cc3S(=O)(=O)O)n2)c(S(=O)(=O)O)c1. The second kappa shape index (κ2) is 16.2. The number of anilines is 6. The zero-order chi connectivity index (χ0) is 50.6. The van der Waals surface area contributed by atoms with Crippen molar-refractivity contribution in [2.75, 3.05) is 23.1 Å². The Labute approximate surface area is 394 Å². The molecule has 0 saturated heterocycles. The van der Waals surface area contributed by atoms with Gasteiger partial charge in [-0.15, -0.1) is 0 Å². The van der Waals surface area contributed by atoms with Crippen molar-refractivity contribution in [3.63, 3.8) is 0 Å². The smallest absolute Gasteiger partial charge is 0.320 e. The van der Waals surface area contributed by atoms with E-state index in [9.17, 15) is 71.4 Å². The van der Waals surface area contributed by atoms with Crippen molar-refractivity contribution >= 4 is 97.6 Å². The zero-order valence-corrected chi connectivity index (χ0v) is 38.7. The molecule has 28 heteroatoms. The molecule has 0 bridgehead atoms. The van der Waals surface area contributed by atoms with Crippen LogP contribution in [0.4, 0.5) is 34.6 Å². The number of Topliss-reactive ketones (excluding diaryl/α,β-unsaturated/α-hetero) is 1. The quantitative estimate of drug-likeness (QED) is 0.0753. The summed E-state index contributed by atoms with van der Waals surface area (Å²) in [5.74, 6) is -2.55. The summed E-state index contributed by atoms with van der Waals surface area (Å²) < 4.78 is 147. The van der Waals surface area contributed by atoms with Crippen LogP contribution in [0.15, 0.2) is 115 Å². The van der Waals surface area contributed by atoms with Crippen LogP contribution < -0.4 is 26.2 Å². The summed E-state index contributed by atoms with van der Waals surface area (Å²) in [6.45, 7) is 0. The molecule has 8 N–H and O–H groups in total. The number of hydrogen-bond donors (Lipinski definition) is 8. The molecule has 2 heterocycles. The lowest BCUT2D eigenvalue weighted by Crippen LogP contribution is -2.32. The number of rotatable bonds is 13. The van der Waals surface area contributed by atoms with E-state index < -0.39 is 112 Å². The van der Waals surface area contributed by atoms with Crippen LogP contribution >= 0.6 is 0 Å². The number of ether oxygens (including phenoxy) is 1. The second-order valence-corrected chi connectivity index (χ2v) is 21.3. The van der Waals surface area contributed by atoms with Gasteiger partial charge in [0.1, 0.15) is 26.2 Å². The fourth-order valence-electron chi connectivity index (χ4n) is 8.42. The second-order valence-electron chi connectivity index (χ2n) is 15.7. The highest BCUT2D eigenvalue weighted by Crippen LogP contribution is 2.55. The van der Waals surface area contributed by atoms with Gasteiger partial charge in [0.25, 0.3) is 46.0 Å². The van der Waals surface area contributed by atoms with Crippen LogP contribution in [0.1, 0.15) is 33.5 Å². The molecule has 1 atom stereocenters. The highest BCUT2D eigenvalue weighted by molar-refractivity contribution is 7.87.